The Morgan fingerprint density at radius 2 is 1.71 bits per heavy atom. The van der Waals surface area contributed by atoms with Gasteiger partial charge in [0.2, 0.25) is 0 Å². The Kier molecular flexibility index (Phi) is 6.29. The molecule has 0 saturated heterocycles. The van der Waals surface area contributed by atoms with Crippen molar-refractivity contribution in [3.05, 3.63) is 48.0 Å². The molecule has 124 valence electrons. The van der Waals surface area contributed by atoms with Crippen LogP contribution >= 0.6 is 0 Å². The molecule has 0 unspecified atom stereocenters. The van der Waals surface area contributed by atoms with Crippen LogP contribution in [-0.2, 0) is 0 Å². The molecule has 0 heterocycles. The molecular weight excluding hydrogens is 306 g/mol. The highest BCUT2D eigenvalue weighted by Gasteiger charge is 2.08. The van der Waals surface area contributed by atoms with Crippen LogP contribution < -0.4 is 9.47 Å². The maximum absolute atomic E-state index is 8.88. The molecule has 2 rings (SSSR count). The van der Waals surface area contributed by atoms with Crippen molar-refractivity contribution in [1.29, 1.82) is 5.26 Å². The normalized spacial score (nSPS) is 10.8. The lowest BCUT2D eigenvalue weighted by atomic mass is 10.2. The summed E-state index contributed by atoms with van der Waals surface area (Å²) < 4.78 is 11.2. The van der Waals surface area contributed by atoms with Crippen molar-refractivity contribution in [2.45, 2.75) is 20.0 Å². The topological polar surface area (TPSA) is 87.2 Å². The number of azo groups is 1. The molecule has 2 aromatic carbocycles. The Morgan fingerprint density at radius 3 is 2.33 bits per heavy atom. The number of hydrogen-bond donors (Lipinski definition) is 1. The van der Waals surface area contributed by atoms with Gasteiger partial charge < -0.3 is 14.6 Å². The van der Waals surface area contributed by atoms with E-state index >= 15 is 0 Å². The molecule has 1 N–H and O–H groups in total. The third-order valence-corrected chi connectivity index (χ3v) is 2.92. The maximum Gasteiger partial charge on any atom is 0.163 e. The molecule has 0 aliphatic carbocycles. The zero-order valence-electron chi connectivity index (χ0n) is 13.6. The van der Waals surface area contributed by atoms with E-state index in [1.165, 1.54) is 0 Å². The number of aliphatic hydroxyl groups is 1. The average molecular weight is 325 g/mol. The first-order chi connectivity index (χ1) is 11.6. The van der Waals surface area contributed by atoms with E-state index in [1.54, 1.807) is 42.5 Å². The van der Waals surface area contributed by atoms with E-state index in [4.69, 9.17) is 19.8 Å². The molecule has 0 fully saturated rings. The summed E-state index contributed by atoms with van der Waals surface area (Å²) in [6.45, 7) is 3.96. The molecule has 0 aliphatic rings. The van der Waals surface area contributed by atoms with Gasteiger partial charge in [0.05, 0.1) is 35.7 Å². The minimum Gasteiger partial charge on any atom is -0.487 e. The molecule has 0 radical (unpaired) electrons. The minimum atomic E-state index is -0.0682. The Morgan fingerprint density at radius 1 is 1.04 bits per heavy atom. The van der Waals surface area contributed by atoms with Gasteiger partial charge in [0.15, 0.2) is 11.5 Å². The van der Waals surface area contributed by atoms with Crippen molar-refractivity contribution < 1.29 is 14.6 Å². The Hall–Kier alpha value is -2.91. The molecule has 0 bridgehead atoms. The molecular formula is C18H19N3O3. The molecule has 0 aromatic heterocycles. The van der Waals surface area contributed by atoms with Gasteiger partial charge in [-0.25, -0.2) is 0 Å². The van der Waals surface area contributed by atoms with Crippen LogP contribution in [0.1, 0.15) is 19.4 Å². The lowest BCUT2D eigenvalue weighted by Crippen LogP contribution is -2.08. The number of aliphatic hydroxyl groups excluding tert-OH is 1. The maximum atomic E-state index is 8.88. The quantitative estimate of drug-likeness (QED) is 0.775. The van der Waals surface area contributed by atoms with Gasteiger partial charge in [0.1, 0.15) is 6.61 Å². The summed E-state index contributed by atoms with van der Waals surface area (Å²) in [5, 5.41) is 26.0. The van der Waals surface area contributed by atoms with Crippen LogP contribution in [0.3, 0.4) is 0 Å². The van der Waals surface area contributed by atoms with Crippen molar-refractivity contribution in [2.75, 3.05) is 13.2 Å². The highest BCUT2D eigenvalue weighted by Crippen LogP contribution is 2.33. The van der Waals surface area contributed by atoms with Crippen LogP contribution in [0.4, 0.5) is 11.4 Å². The number of ether oxygens (including phenoxy) is 2. The second kappa shape index (κ2) is 8.65. The zero-order chi connectivity index (χ0) is 17.4. The number of nitriles is 1. The number of benzene rings is 2. The summed E-state index contributed by atoms with van der Waals surface area (Å²) in [4.78, 5) is 0. The number of hydrogen-bond acceptors (Lipinski definition) is 6. The smallest absolute Gasteiger partial charge is 0.163 e. The van der Waals surface area contributed by atoms with E-state index < -0.39 is 0 Å². The van der Waals surface area contributed by atoms with Gasteiger partial charge in [-0.05, 0) is 50.2 Å². The van der Waals surface area contributed by atoms with Gasteiger partial charge in [0, 0.05) is 6.07 Å². The van der Waals surface area contributed by atoms with Crippen LogP contribution in [0, 0.1) is 11.3 Å². The highest BCUT2D eigenvalue weighted by molar-refractivity contribution is 5.52. The Balaban J connectivity index is 2.19. The molecule has 6 heteroatoms. The predicted octanol–water partition coefficient (Wildman–Crippen LogP) is 4.13. The first kappa shape index (κ1) is 17.4. The van der Waals surface area contributed by atoms with Gasteiger partial charge in [-0.3, -0.25) is 0 Å². The highest BCUT2D eigenvalue weighted by atomic mass is 16.5. The van der Waals surface area contributed by atoms with Crippen LogP contribution in [0.5, 0.6) is 11.5 Å². The van der Waals surface area contributed by atoms with Crippen molar-refractivity contribution in [1.82, 2.24) is 0 Å². The van der Waals surface area contributed by atoms with Crippen molar-refractivity contribution in [2.24, 2.45) is 10.2 Å². The Bertz CT molecular complexity index is 734. The third kappa shape index (κ3) is 5.07. The van der Waals surface area contributed by atoms with Crippen LogP contribution in [0.2, 0.25) is 0 Å². The largest absolute Gasteiger partial charge is 0.487 e. The van der Waals surface area contributed by atoms with E-state index in [0.717, 1.165) is 0 Å². The van der Waals surface area contributed by atoms with Gasteiger partial charge in [0.25, 0.3) is 0 Å². The fourth-order valence-corrected chi connectivity index (χ4v) is 1.90. The summed E-state index contributed by atoms with van der Waals surface area (Å²) in [7, 11) is 0. The summed E-state index contributed by atoms with van der Waals surface area (Å²) >= 11 is 0. The lowest BCUT2D eigenvalue weighted by Gasteiger charge is -2.14. The molecule has 0 spiro atoms. The Labute approximate surface area is 141 Å². The fraction of sp³-hybridized carbons (Fsp3) is 0.278. The molecule has 6 nitrogen and oxygen atoms in total. The van der Waals surface area contributed by atoms with Gasteiger partial charge >= 0.3 is 0 Å². The monoisotopic (exact) mass is 325 g/mol. The lowest BCUT2D eigenvalue weighted by molar-refractivity contribution is 0.184. The van der Waals surface area contributed by atoms with E-state index in [2.05, 4.69) is 16.3 Å². The van der Waals surface area contributed by atoms with E-state index in [-0.39, 0.29) is 19.3 Å². The fourth-order valence-electron chi connectivity index (χ4n) is 1.90. The van der Waals surface area contributed by atoms with E-state index in [0.29, 0.717) is 28.4 Å². The SMILES string of the molecule is CC(C)Oc1cc(N=Nc2ccc(C#N)cc2)ccc1OCCO. The van der Waals surface area contributed by atoms with Crippen molar-refractivity contribution >= 4 is 11.4 Å². The van der Waals surface area contributed by atoms with Crippen LogP contribution in [0.25, 0.3) is 0 Å². The predicted molar refractivity (Wildman–Crippen MR) is 90.1 cm³/mol. The molecule has 0 amide bonds. The van der Waals surface area contributed by atoms with Crippen LogP contribution in [0.15, 0.2) is 52.7 Å². The minimum absolute atomic E-state index is 0.0211. The molecule has 0 aliphatic heterocycles. The summed E-state index contributed by atoms with van der Waals surface area (Å²) in [6, 6.07) is 14.1. The van der Waals surface area contributed by atoms with Gasteiger partial charge in [-0.15, -0.1) is 0 Å². The second-order valence-corrected chi connectivity index (χ2v) is 5.23. The van der Waals surface area contributed by atoms with Gasteiger partial charge in [-0.1, -0.05) is 0 Å². The standard InChI is InChI=1S/C18H19N3O3/c1-13(2)24-18-11-16(7-8-17(18)23-10-9-22)21-20-15-5-3-14(12-19)4-6-15/h3-8,11,13,22H,9-10H2,1-2H3. The number of nitrogens with zero attached hydrogens (tertiary/aromatic N) is 3. The zero-order valence-corrected chi connectivity index (χ0v) is 13.6. The second-order valence-electron chi connectivity index (χ2n) is 5.23. The molecule has 0 atom stereocenters. The summed E-state index contributed by atoms with van der Waals surface area (Å²) in [6.07, 6.45) is -0.0211. The van der Waals surface area contributed by atoms with E-state index in [9.17, 15) is 0 Å². The average Bonchev–Trinajstić information content (AvgIpc) is 2.59. The number of rotatable bonds is 7. The van der Waals surface area contributed by atoms with E-state index in [1.807, 2.05) is 13.8 Å². The first-order valence-electron chi connectivity index (χ1n) is 7.58. The van der Waals surface area contributed by atoms with Crippen LogP contribution in [-0.4, -0.2) is 24.4 Å². The van der Waals surface area contributed by atoms with Crippen molar-refractivity contribution in [3.8, 4) is 17.6 Å². The molecule has 2 aromatic rings. The molecule has 24 heavy (non-hydrogen) atoms. The van der Waals surface area contributed by atoms with Gasteiger partial charge in [-0.2, -0.15) is 15.5 Å². The third-order valence-electron chi connectivity index (χ3n) is 2.92. The summed E-state index contributed by atoms with van der Waals surface area (Å²) in [5.41, 5.74) is 1.85. The first-order valence-corrected chi connectivity index (χ1v) is 7.58. The summed E-state index contributed by atoms with van der Waals surface area (Å²) in [5.74, 6) is 1.10. The molecule has 0 saturated carbocycles. The van der Waals surface area contributed by atoms with Crippen molar-refractivity contribution in [3.63, 3.8) is 0 Å².